The highest BCUT2D eigenvalue weighted by Gasteiger charge is 2.18. The number of nitrogens with one attached hydrogen (secondary N) is 2. The fraction of sp³-hybridized carbons (Fsp3) is 0.176. The number of aromatic nitrogens is 1. The van der Waals surface area contributed by atoms with Gasteiger partial charge in [-0.3, -0.25) is 0 Å². The minimum atomic E-state index is -3.53. The van der Waals surface area contributed by atoms with Crippen LogP contribution in [0.3, 0.4) is 0 Å². The maximum absolute atomic E-state index is 12.4. The lowest BCUT2D eigenvalue weighted by atomic mass is 10.1. The van der Waals surface area contributed by atoms with Crippen molar-refractivity contribution in [3.63, 3.8) is 0 Å². The third-order valence-electron chi connectivity index (χ3n) is 3.66. The van der Waals surface area contributed by atoms with Crippen molar-refractivity contribution < 1.29 is 8.42 Å². The zero-order valence-electron chi connectivity index (χ0n) is 12.6. The van der Waals surface area contributed by atoms with Gasteiger partial charge in [-0.1, -0.05) is 40.2 Å². The number of hydrogen-bond acceptors (Lipinski definition) is 2. The van der Waals surface area contributed by atoms with Crippen LogP contribution < -0.4 is 4.72 Å². The molecule has 3 aromatic rings. The molecule has 0 radical (unpaired) electrons. The third kappa shape index (κ3) is 3.65. The lowest BCUT2D eigenvalue weighted by molar-refractivity contribution is 0.560. The van der Waals surface area contributed by atoms with Gasteiger partial charge in [0.1, 0.15) is 0 Å². The number of aromatic amines is 1. The van der Waals surface area contributed by atoms with E-state index >= 15 is 0 Å². The predicted octanol–water partition coefficient (Wildman–Crippen LogP) is 3.84. The number of fused-ring (bicyclic) bond motifs is 1. The van der Waals surface area contributed by atoms with Crippen LogP contribution in [-0.4, -0.2) is 19.4 Å². The van der Waals surface area contributed by atoms with E-state index in [9.17, 15) is 8.42 Å². The first-order valence-electron chi connectivity index (χ1n) is 7.28. The van der Waals surface area contributed by atoms with E-state index in [1.807, 2.05) is 37.4 Å². The SMILES string of the molecule is CC(Cc1c[nH]c2ccccc12)NS(=O)(=O)c1cccc(Br)c1. The van der Waals surface area contributed by atoms with Crippen molar-refractivity contribution in [3.8, 4) is 0 Å². The van der Waals surface area contributed by atoms with Gasteiger partial charge in [0.15, 0.2) is 0 Å². The van der Waals surface area contributed by atoms with Crippen LogP contribution in [0.15, 0.2) is 64.1 Å². The van der Waals surface area contributed by atoms with Crippen molar-refractivity contribution in [3.05, 3.63) is 64.8 Å². The van der Waals surface area contributed by atoms with Crippen LogP contribution in [-0.2, 0) is 16.4 Å². The molecule has 2 N–H and O–H groups in total. The zero-order valence-corrected chi connectivity index (χ0v) is 15.0. The van der Waals surface area contributed by atoms with E-state index < -0.39 is 10.0 Å². The van der Waals surface area contributed by atoms with E-state index in [0.717, 1.165) is 20.9 Å². The van der Waals surface area contributed by atoms with Gasteiger partial charge in [0.05, 0.1) is 4.90 Å². The van der Waals surface area contributed by atoms with Crippen molar-refractivity contribution in [1.82, 2.24) is 9.71 Å². The molecule has 1 heterocycles. The van der Waals surface area contributed by atoms with Gasteiger partial charge in [-0.2, -0.15) is 0 Å². The summed E-state index contributed by atoms with van der Waals surface area (Å²) >= 11 is 3.30. The number of sulfonamides is 1. The standard InChI is InChI=1S/C17H17BrN2O2S/c1-12(9-13-11-19-17-8-3-2-7-16(13)17)20-23(21,22)15-6-4-5-14(18)10-15/h2-8,10-12,19-20H,9H2,1H3. The largest absolute Gasteiger partial charge is 0.361 e. The molecule has 0 saturated heterocycles. The van der Waals surface area contributed by atoms with Crippen LogP contribution in [0.1, 0.15) is 12.5 Å². The van der Waals surface area contributed by atoms with E-state index in [4.69, 9.17) is 0 Å². The molecule has 23 heavy (non-hydrogen) atoms. The molecule has 120 valence electrons. The molecule has 0 aliphatic rings. The van der Waals surface area contributed by atoms with Crippen LogP contribution in [0, 0.1) is 0 Å². The van der Waals surface area contributed by atoms with Gasteiger partial charge in [0, 0.05) is 27.6 Å². The number of halogens is 1. The second-order valence-electron chi connectivity index (χ2n) is 5.54. The molecular weight excluding hydrogens is 376 g/mol. The lowest BCUT2D eigenvalue weighted by Gasteiger charge is -2.14. The summed E-state index contributed by atoms with van der Waals surface area (Å²) in [5.41, 5.74) is 2.16. The zero-order chi connectivity index (χ0) is 16.4. The van der Waals surface area contributed by atoms with Gasteiger partial charge >= 0.3 is 0 Å². The molecule has 4 nitrogen and oxygen atoms in total. The van der Waals surface area contributed by atoms with E-state index in [0.29, 0.717) is 6.42 Å². The van der Waals surface area contributed by atoms with Crippen molar-refractivity contribution in [2.24, 2.45) is 0 Å². The van der Waals surface area contributed by atoms with Crippen LogP contribution in [0.2, 0.25) is 0 Å². The summed E-state index contributed by atoms with van der Waals surface area (Å²) in [6.07, 6.45) is 2.56. The van der Waals surface area contributed by atoms with Crippen molar-refractivity contribution in [1.29, 1.82) is 0 Å². The normalized spacial score (nSPS) is 13.3. The Hall–Kier alpha value is -1.63. The van der Waals surface area contributed by atoms with Gasteiger partial charge in [0.2, 0.25) is 10.0 Å². The van der Waals surface area contributed by atoms with E-state index in [-0.39, 0.29) is 10.9 Å². The van der Waals surface area contributed by atoms with Gasteiger partial charge in [-0.25, -0.2) is 13.1 Å². The van der Waals surface area contributed by atoms with E-state index in [1.54, 1.807) is 24.3 Å². The molecule has 1 atom stereocenters. The molecule has 2 aromatic carbocycles. The molecule has 6 heteroatoms. The summed E-state index contributed by atoms with van der Waals surface area (Å²) in [5.74, 6) is 0. The maximum atomic E-state index is 12.4. The number of benzene rings is 2. The molecule has 0 bridgehead atoms. The Labute approximate surface area is 144 Å². The van der Waals surface area contributed by atoms with Gasteiger partial charge in [-0.05, 0) is 43.2 Å². The van der Waals surface area contributed by atoms with Crippen LogP contribution >= 0.6 is 15.9 Å². The Morgan fingerprint density at radius 3 is 2.74 bits per heavy atom. The average molecular weight is 393 g/mol. The lowest BCUT2D eigenvalue weighted by Crippen LogP contribution is -2.34. The maximum Gasteiger partial charge on any atom is 0.240 e. The fourth-order valence-electron chi connectivity index (χ4n) is 2.64. The molecule has 0 fully saturated rings. The molecule has 1 unspecified atom stereocenters. The molecule has 0 amide bonds. The Kier molecular flexibility index (Phi) is 4.57. The van der Waals surface area contributed by atoms with Crippen LogP contribution in [0.25, 0.3) is 10.9 Å². The highest BCUT2D eigenvalue weighted by atomic mass is 79.9. The number of H-pyrrole nitrogens is 1. The fourth-order valence-corrected chi connectivity index (χ4v) is 4.48. The average Bonchev–Trinajstić information content (AvgIpc) is 2.90. The number of hydrogen-bond donors (Lipinski definition) is 2. The summed E-state index contributed by atoms with van der Waals surface area (Å²) in [7, 11) is -3.53. The van der Waals surface area contributed by atoms with Gasteiger partial charge < -0.3 is 4.98 Å². The molecule has 0 saturated carbocycles. The summed E-state index contributed by atoms with van der Waals surface area (Å²) in [5, 5.41) is 1.13. The molecular formula is C17H17BrN2O2S. The molecule has 1 aromatic heterocycles. The highest BCUT2D eigenvalue weighted by molar-refractivity contribution is 9.10. The summed E-state index contributed by atoms with van der Waals surface area (Å²) in [6.45, 7) is 1.87. The first kappa shape index (κ1) is 16.2. The third-order valence-corrected chi connectivity index (χ3v) is 5.74. The topological polar surface area (TPSA) is 62.0 Å². The predicted molar refractivity (Wildman–Crippen MR) is 95.9 cm³/mol. The highest BCUT2D eigenvalue weighted by Crippen LogP contribution is 2.20. The number of para-hydroxylation sites is 1. The van der Waals surface area contributed by atoms with Gasteiger partial charge in [0.25, 0.3) is 0 Å². The molecule has 0 aliphatic heterocycles. The minimum absolute atomic E-state index is 0.210. The first-order chi connectivity index (χ1) is 11.0. The smallest absolute Gasteiger partial charge is 0.240 e. The van der Waals surface area contributed by atoms with E-state index in [2.05, 4.69) is 25.6 Å². The Balaban J connectivity index is 1.77. The second-order valence-corrected chi connectivity index (χ2v) is 8.17. The summed E-state index contributed by atoms with van der Waals surface area (Å²) in [4.78, 5) is 3.47. The Morgan fingerprint density at radius 2 is 1.96 bits per heavy atom. The van der Waals surface area contributed by atoms with Crippen LogP contribution in [0.5, 0.6) is 0 Å². The monoisotopic (exact) mass is 392 g/mol. The Morgan fingerprint density at radius 1 is 1.17 bits per heavy atom. The quantitative estimate of drug-likeness (QED) is 0.692. The molecule has 0 aliphatic carbocycles. The van der Waals surface area contributed by atoms with E-state index in [1.165, 1.54) is 0 Å². The van der Waals surface area contributed by atoms with Gasteiger partial charge in [-0.15, -0.1) is 0 Å². The minimum Gasteiger partial charge on any atom is -0.361 e. The van der Waals surface area contributed by atoms with Crippen molar-refractivity contribution >= 4 is 36.9 Å². The first-order valence-corrected chi connectivity index (χ1v) is 9.56. The molecule has 3 rings (SSSR count). The van der Waals surface area contributed by atoms with Crippen LogP contribution in [0.4, 0.5) is 0 Å². The summed E-state index contributed by atoms with van der Waals surface area (Å²) in [6, 6.07) is 14.5. The Bertz CT molecular complexity index is 934. The van der Waals surface area contributed by atoms with Crippen molar-refractivity contribution in [2.75, 3.05) is 0 Å². The summed E-state index contributed by atoms with van der Waals surface area (Å²) < 4.78 is 28.4. The molecule has 0 spiro atoms. The number of rotatable bonds is 5. The van der Waals surface area contributed by atoms with Crippen molar-refractivity contribution in [2.45, 2.75) is 24.3 Å². The second kappa shape index (κ2) is 6.47.